The molecule has 158 valence electrons. The first-order chi connectivity index (χ1) is 15.5. The Balaban J connectivity index is 1.60. The minimum absolute atomic E-state index is 0.168. The molecule has 0 unspecified atom stereocenters. The number of amides is 2. The van der Waals surface area contributed by atoms with E-state index in [1.54, 1.807) is 24.3 Å². The van der Waals surface area contributed by atoms with Crippen LogP contribution < -0.4 is 4.90 Å². The largest absolute Gasteiger partial charge is 0.465 e. The number of methoxy groups -OCH3 is 1. The number of carbonyl (C=O) groups excluding carboxylic acids is 3. The molecule has 0 saturated carbocycles. The number of esters is 1. The molecule has 1 saturated heterocycles. The van der Waals surface area contributed by atoms with Crippen LogP contribution in [0.15, 0.2) is 72.8 Å². The summed E-state index contributed by atoms with van der Waals surface area (Å²) in [6.07, 6.45) is 0. The van der Waals surface area contributed by atoms with Gasteiger partial charge in [-0.2, -0.15) is 0 Å². The first kappa shape index (κ1) is 19.3. The molecule has 0 aromatic heterocycles. The predicted octanol–water partition coefficient (Wildman–Crippen LogP) is 4.22. The third-order valence-electron chi connectivity index (χ3n) is 7.06. The molecule has 5 nitrogen and oxygen atoms in total. The minimum atomic E-state index is -1.16. The van der Waals surface area contributed by atoms with Gasteiger partial charge in [0.2, 0.25) is 11.8 Å². The van der Waals surface area contributed by atoms with Crippen LogP contribution in [0, 0.1) is 11.8 Å². The molecule has 0 radical (unpaired) electrons. The molecule has 2 bridgehead atoms. The van der Waals surface area contributed by atoms with E-state index < -0.39 is 22.7 Å². The van der Waals surface area contributed by atoms with Gasteiger partial charge in [0.1, 0.15) is 4.87 Å². The average molecular weight is 444 g/mol. The lowest BCUT2D eigenvalue weighted by Crippen LogP contribution is -2.50. The molecule has 32 heavy (non-hydrogen) atoms. The number of hydrogen-bond donors (Lipinski definition) is 0. The number of nitrogens with zero attached hydrogens (tertiary/aromatic N) is 1. The molecular formula is C26H18ClNO4. The van der Waals surface area contributed by atoms with Crippen molar-refractivity contribution >= 4 is 35.1 Å². The normalized spacial score (nSPS) is 27.1. The van der Waals surface area contributed by atoms with E-state index in [-0.39, 0.29) is 29.0 Å². The van der Waals surface area contributed by atoms with Gasteiger partial charge >= 0.3 is 5.97 Å². The maximum absolute atomic E-state index is 13.9. The van der Waals surface area contributed by atoms with Gasteiger partial charge < -0.3 is 4.74 Å². The Morgan fingerprint density at radius 2 is 1.44 bits per heavy atom. The van der Waals surface area contributed by atoms with Gasteiger partial charge in [-0.25, -0.2) is 9.69 Å². The Hall–Kier alpha value is -3.44. The van der Waals surface area contributed by atoms with E-state index in [1.807, 2.05) is 48.5 Å². The SMILES string of the molecule is COC(=O)c1ccccc1N1C(=O)[C@H]2C3c4ccccc4C(Cl)(c4ccccc43)[C@H]2C1=O. The molecule has 1 aliphatic heterocycles. The smallest absolute Gasteiger partial charge is 0.339 e. The maximum atomic E-state index is 13.9. The highest BCUT2D eigenvalue weighted by Gasteiger charge is 2.68. The van der Waals surface area contributed by atoms with Crippen molar-refractivity contribution in [3.8, 4) is 0 Å². The number of anilines is 1. The van der Waals surface area contributed by atoms with Gasteiger partial charge in [0, 0.05) is 5.92 Å². The summed E-state index contributed by atoms with van der Waals surface area (Å²) in [4.78, 5) is 40.1. The number of halogens is 1. The van der Waals surface area contributed by atoms with Crippen LogP contribution in [0.3, 0.4) is 0 Å². The molecule has 1 heterocycles. The van der Waals surface area contributed by atoms with E-state index in [0.29, 0.717) is 0 Å². The first-order valence-corrected chi connectivity index (χ1v) is 10.8. The molecule has 0 N–H and O–H groups in total. The second-order valence-corrected chi connectivity index (χ2v) is 8.98. The first-order valence-electron chi connectivity index (χ1n) is 10.4. The summed E-state index contributed by atoms with van der Waals surface area (Å²) in [6.45, 7) is 0. The van der Waals surface area contributed by atoms with Gasteiger partial charge in [-0.3, -0.25) is 9.59 Å². The van der Waals surface area contributed by atoms with Crippen LogP contribution in [0.25, 0.3) is 0 Å². The van der Waals surface area contributed by atoms with Crippen molar-refractivity contribution in [1.29, 1.82) is 0 Å². The Bertz CT molecular complexity index is 1290. The lowest BCUT2D eigenvalue weighted by molar-refractivity contribution is -0.122. The molecule has 7 rings (SSSR count). The molecular weight excluding hydrogens is 426 g/mol. The summed E-state index contributed by atoms with van der Waals surface area (Å²) >= 11 is 7.41. The summed E-state index contributed by atoms with van der Waals surface area (Å²) in [5.74, 6) is -3.02. The quantitative estimate of drug-likeness (QED) is 0.338. The van der Waals surface area contributed by atoms with Gasteiger partial charge in [-0.1, -0.05) is 60.7 Å². The molecule has 2 atom stereocenters. The molecule has 3 aromatic carbocycles. The Morgan fingerprint density at radius 3 is 2.06 bits per heavy atom. The molecule has 3 aliphatic carbocycles. The summed E-state index contributed by atoms with van der Waals surface area (Å²) in [5, 5.41) is 0. The number of imide groups is 1. The fraction of sp³-hybridized carbons (Fsp3) is 0.192. The van der Waals surface area contributed by atoms with Crippen LogP contribution in [0.2, 0.25) is 0 Å². The number of carbonyl (C=O) groups is 3. The third-order valence-corrected chi connectivity index (χ3v) is 7.71. The van der Waals surface area contributed by atoms with Crippen molar-refractivity contribution < 1.29 is 19.1 Å². The number of para-hydroxylation sites is 1. The van der Waals surface area contributed by atoms with Gasteiger partial charge in [-0.15, -0.1) is 11.6 Å². The summed E-state index contributed by atoms with van der Waals surface area (Å²) in [5.41, 5.74) is 4.10. The van der Waals surface area contributed by atoms with E-state index >= 15 is 0 Å². The molecule has 0 spiro atoms. The van der Waals surface area contributed by atoms with Gasteiger partial charge in [-0.05, 0) is 34.4 Å². The lowest BCUT2D eigenvalue weighted by Gasteiger charge is -2.50. The average Bonchev–Trinajstić information content (AvgIpc) is 3.10. The van der Waals surface area contributed by atoms with Crippen LogP contribution in [-0.4, -0.2) is 24.9 Å². The molecule has 1 fully saturated rings. The van der Waals surface area contributed by atoms with Crippen molar-refractivity contribution in [2.24, 2.45) is 11.8 Å². The van der Waals surface area contributed by atoms with Gasteiger partial charge in [0.25, 0.3) is 0 Å². The standard InChI is InChI=1S/C26H18ClNO4/c1-32-25(31)16-10-4-7-13-19(16)28-23(29)21-20-14-8-2-5-11-17(14)26(27,22(21)24(28)30)18-12-6-3-9-15(18)20/h2-13,20-22H,1H3/t20?,21-,22+,26?/m0/s1. The number of alkyl halides is 1. The van der Waals surface area contributed by atoms with Crippen LogP contribution >= 0.6 is 11.6 Å². The second kappa shape index (κ2) is 6.53. The zero-order valence-electron chi connectivity index (χ0n) is 17.1. The van der Waals surface area contributed by atoms with Crippen LogP contribution in [0.1, 0.15) is 38.5 Å². The number of hydrogen-bond acceptors (Lipinski definition) is 4. The fourth-order valence-corrected chi connectivity index (χ4v) is 6.44. The summed E-state index contributed by atoms with van der Waals surface area (Å²) in [7, 11) is 1.27. The zero-order valence-corrected chi connectivity index (χ0v) is 17.9. The highest BCUT2D eigenvalue weighted by molar-refractivity contribution is 6.34. The number of ether oxygens (including phenoxy) is 1. The zero-order chi connectivity index (χ0) is 22.2. The predicted molar refractivity (Wildman–Crippen MR) is 119 cm³/mol. The second-order valence-electron chi connectivity index (χ2n) is 8.39. The number of rotatable bonds is 2. The monoisotopic (exact) mass is 443 g/mol. The van der Waals surface area contributed by atoms with Crippen LogP contribution in [0.5, 0.6) is 0 Å². The Morgan fingerprint density at radius 1 is 0.875 bits per heavy atom. The molecule has 2 amide bonds. The van der Waals surface area contributed by atoms with Crippen molar-refractivity contribution in [3.63, 3.8) is 0 Å². The van der Waals surface area contributed by atoms with E-state index in [4.69, 9.17) is 16.3 Å². The van der Waals surface area contributed by atoms with Gasteiger partial charge in [0.05, 0.1) is 30.2 Å². The van der Waals surface area contributed by atoms with Crippen molar-refractivity contribution in [1.82, 2.24) is 0 Å². The van der Waals surface area contributed by atoms with Crippen molar-refractivity contribution in [3.05, 3.63) is 101 Å². The minimum Gasteiger partial charge on any atom is -0.465 e. The van der Waals surface area contributed by atoms with Crippen LogP contribution in [-0.2, 0) is 19.2 Å². The summed E-state index contributed by atoms with van der Waals surface area (Å²) < 4.78 is 4.89. The van der Waals surface area contributed by atoms with Crippen LogP contribution in [0.4, 0.5) is 5.69 Å². The van der Waals surface area contributed by atoms with E-state index in [2.05, 4.69) is 0 Å². The lowest BCUT2D eigenvalue weighted by atomic mass is 9.54. The third kappa shape index (κ3) is 2.16. The van der Waals surface area contributed by atoms with E-state index in [0.717, 1.165) is 27.2 Å². The van der Waals surface area contributed by atoms with E-state index in [1.165, 1.54) is 7.11 Å². The Kier molecular flexibility index (Phi) is 3.93. The highest BCUT2D eigenvalue weighted by Crippen LogP contribution is 2.65. The maximum Gasteiger partial charge on any atom is 0.339 e. The van der Waals surface area contributed by atoms with E-state index in [9.17, 15) is 14.4 Å². The topological polar surface area (TPSA) is 63.7 Å². The molecule has 4 aliphatic rings. The molecule has 6 heteroatoms. The van der Waals surface area contributed by atoms with Gasteiger partial charge in [0.15, 0.2) is 0 Å². The number of benzene rings is 3. The highest BCUT2D eigenvalue weighted by atomic mass is 35.5. The Labute approximate surface area is 189 Å². The van der Waals surface area contributed by atoms with Crippen molar-refractivity contribution in [2.75, 3.05) is 12.0 Å². The van der Waals surface area contributed by atoms with Crippen molar-refractivity contribution in [2.45, 2.75) is 10.8 Å². The molecule has 3 aromatic rings. The fourth-order valence-electron chi connectivity index (χ4n) is 5.87. The summed E-state index contributed by atoms with van der Waals surface area (Å²) in [6, 6.07) is 22.1.